The maximum atomic E-state index is 13.8. The highest BCUT2D eigenvalue weighted by atomic mass is 19.1. The molecule has 1 aromatic heterocycles. The lowest BCUT2D eigenvalue weighted by atomic mass is 10.0. The number of benzene rings is 2. The van der Waals surface area contributed by atoms with E-state index < -0.39 is 11.6 Å². The third-order valence-electron chi connectivity index (χ3n) is 4.23. The standard InChI is InChI=1S/C19H16F2N4/c20-14-7-3-8-15(21)18(14)24-19-22-11-10-17(23-19)25-12-4-6-13-5-1-2-9-16(13)25/h1-3,5,7-11H,4,6,12H2,(H,22,23,24). The summed E-state index contributed by atoms with van der Waals surface area (Å²) in [6, 6.07) is 13.7. The quantitative estimate of drug-likeness (QED) is 0.759. The topological polar surface area (TPSA) is 41.1 Å². The third-order valence-corrected chi connectivity index (χ3v) is 4.23. The van der Waals surface area contributed by atoms with Crippen molar-refractivity contribution in [3.8, 4) is 0 Å². The van der Waals surface area contributed by atoms with Gasteiger partial charge in [-0.2, -0.15) is 4.98 Å². The van der Waals surface area contributed by atoms with Crippen molar-refractivity contribution in [2.75, 3.05) is 16.8 Å². The first-order chi connectivity index (χ1) is 12.2. The number of rotatable bonds is 3. The predicted molar refractivity (Wildman–Crippen MR) is 93.4 cm³/mol. The van der Waals surface area contributed by atoms with Crippen molar-refractivity contribution in [1.82, 2.24) is 9.97 Å². The fourth-order valence-electron chi connectivity index (χ4n) is 3.06. The van der Waals surface area contributed by atoms with Crippen LogP contribution < -0.4 is 10.2 Å². The number of nitrogens with one attached hydrogen (secondary N) is 1. The minimum atomic E-state index is -0.683. The van der Waals surface area contributed by atoms with Crippen LogP contribution >= 0.6 is 0 Å². The highest BCUT2D eigenvalue weighted by Gasteiger charge is 2.19. The van der Waals surface area contributed by atoms with Crippen LogP contribution in [0.25, 0.3) is 0 Å². The molecule has 1 aliphatic heterocycles. The average molecular weight is 338 g/mol. The number of halogens is 2. The minimum Gasteiger partial charge on any atom is -0.326 e. The second kappa shape index (κ2) is 6.47. The van der Waals surface area contributed by atoms with Gasteiger partial charge in [0.05, 0.1) is 0 Å². The van der Waals surface area contributed by atoms with Crippen molar-refractivity contribution in [3.63, 3.8) is 0 Å². The maximum absolute atomic E-state index is 13.8. The van der Waals surface area contributed by atoms with Crippen LogP contribution in [0.4, 0.5) is 31.9 Å². The summed E-state index contributed by atoms with van der Waals surface area (Å²) in [7, 11) is 0. The predicted octanol–water partition coefficient (Wildman–Crippen LogP) is 4.58. The molecule has 0 saturated carbocycles. The molecule has 0 spiro atoms. The Morgan fingerprint density at radius 2 is 1.76 bits per heavy atom. The molecule has 2 heterocycles. The number of aryl methyl sites for hydroxylation is 1. The van der Waals surface area contributed by atoms with Crippen LogP contribution in [-0.2, 0) is 6.42 Å². The summed E-state index contributed by atoms with van der Waals surface area (Å²) >= 11 is 0. The van der Waals surface area contributed by atoms with Crippen molar-refractivity contribution in [2.24, 2.45) is 0 Å². The summed E-state index contributed by atoms with van der Waals surface area (Å²) in [6.45, 7) is 0.835. The van der Waals surface area contributed by atoms with Crippen LogP contribution in [-0.4, -0.2) is 16.5 Å². The van der Waals surface area contributed by atoms with Gasteiger partial charge in [0.1, 0.15) is 23.1 Å². The van der Waals surface area contributed by atoms with Gasteiger partial charge < -0.3 is 10.2 Å². The first-order valence-corrected chi connectivity index (χ1v) is 8.12. The summed E-state index contributed by atoms with van der Waals surface area (Å²) < 4.78 is 27.6. The van der Waals surface area contributed by atoms with Crippen molar-refractivity contribution in [2.45, 2.75) is 12.8 Å². The molecule has 6 heteroatoms. The molecule has 0 amide bonds. The van der Waals surface area contributed by atoms with E-state index in [1.165, 1.54) is 23.8 Å². The molecule has 0 aliphatic carbocycles. The van der Waals surface area contributed by atoms with Gasteiger partial charge in [-0.1, -0.05) is 24.3 Å². The van der Waals surface area contributed by atoms with E-state index in [-0.39, 0.29) is 11.6 Å². The number of nitrogens with zero attached hydrogens (tertiary/aromatic N) is 3. The van der Waals surface area contributed by atoms with Crippen molar-refractivity contribution in [1.29, 1.82) is 0 Å². The van der Waals surface area contributed by atoms with Crippen LogP contribution in [0.5, 0.6) is 0 Å². The molecular formula is C19H16F2N4. The lowest BCUT2D eigenvalue weighted by Gasteiger charge is -2.30. The van der Waals surface area contributed by atoms with Gasteiger partial charge in [-0.3, -0.25) is 0 Å². The van der Waals surface area contributed by atoms with E-state index >= 15 is 0 Å². The number of anilines is 4. The molecule has 126 valence electrons. The van der Waals surface area contributed by atoms with Gasteiger partial charge in [0.2, 0.25) is 5.95 Å². The van der Waals surface area contributed by atoms with Gasteiger partial charge in [-0.15, -0.1) is 0 Å². The zero-order valence-corrected chi connectivity index (χ0v) is 13.4. The average Bonchev–Trinajstić information content (AvgIpc) is 2.65. The molecule has 0 radical (unpaired) electrons. The van der Waals surface area contributed by atoms with E-state index in [1.54, 1.807) is 12.3 Å². The molecule has 3 aromatic rings. The van der Waals surface area contributed by atoms with E-state index in [0.717, 1.165) is 25.1 Å². The lowest BCUT2D eigenvalue weighted by molar-refractivity contribution is 0.590. The molecular weight excluding hydrogens is 322 g/mol. The molecule has 25 heavy (non-hydrogen) atoms. The van der Waals surface area contributed by atoms with Crippen LogP contribution in [0.15, 0.2) is 54.7 Å². The number of para-hydroxylation sites is 2. The van der Waals surface area contributed by atoms with E-state index in [2.05, 4.69) is 32.3 Å². The van der Waals surface area contributed by atoms with Crippen molar-refractivity contribution in [3.05, 3.63) is 71.9 Å². The van der Waals surface area contributed by atoms with Crippen LogP contribution in [0.1, 0.15) is 12.0 Å². The monoisotopic (exact) mass is 338 g/mol. The summed E-state index contributed by atoms with van der Waals surface area (Å²) in [5.74, 6) is -0.513. The van der Waals surface area contributed by atoms with Crippen LogP contribution in [0.2, 0.25) is 0 Å². The van der Waals surface area contributed by atoms with Gasteiger partial charge in [0.15, 0.2) is 0 Å². The molecule has 2 aromatic carbocycles. The number of fused-ring (bicyclic) bond motifs is 1. The number of hydrogen-bond donors (Lipinski definition) is 1. The normalized spacial score (nSPS) is 13.4. The van der Waals surface area contributed by atoms with Crippen LogP contribution in [0, 0.1) is 11.6 Å². The van der Waals surface area contributed by atoms with E-state index in [1.807, 2.05) is 12.1 Å². The zero-order valence-electron chi connectivity index (χ0n) is 13.4. The zero-order chi connectivity index (χ0) is 17.2. The summed E-state index contributed by atoms with van der Waals surface area (Å²) in [5, 5.41) is 2.65. The van der Waals surface area contributed by atoms with Crippen molar-refractivity contribution < 1.29 is 8.78 Å². The first kappa shape index (κ1) is 15.5. The third kappa shape index (κ3) is 3.03. The fraction of sp³-hybridized carbons (Fsp3) is 0.158. The fourth-order valence-corrected chi connectivity index (χ4v) is 3.06. The second-order valence-electron chi connectivity index (χ2n) is 5.84. The Balaban J connectivity index is 1.67. The maximum Gasteiger partial charge on any atom is 0.229 e. The van der Waals surface area contributed by atoms with Crippen LogP contribution in [0.3, 0.4) is 0 Å². The Hall–Kier alpha value is -3.02. The Labute approximate surface area is 144 Å². The van der Waals surface area contributed by atoms with Gasteiger partial charge in [0.25, 0.3) is 0 Å². The van der Waals surface area contributed by atoms with Gasteiger partial charge in [-0.05, 0) is 42.7 Å². The molecule has 0 fully saturated rings. The summed E-state index contributed by atoms with van der Waals surface area (Å²) in [5.41, 5.74) is 2.12. The molecule has 0 saturated heterocycles. The Morgan fingerprint density at radius 1 is 0.960 bits per heavy atom. The van der Waals surface area contributed by atoms with Gasteiger partial charge in [0, 0.05) is 18.4 Å². The van der Waals surface area contributed by atoms with Crippen molar-refractivity contribution >= 4 is 23.1 Å². The van der Waals surface area contributed by atoms with Gasteiger partial charge >= 0.3 is 0 Å². The molecule has 0 bridgehead atoms. The molecule has 4 nitrogen and oxygen atoms in total. The minimum absolute atomic E-state index is 0.157. The largest absolute Gasteiger partial charge is 0.326 e. The Kier molecular flexibility index (Phi) is 4.01. The summed E-state index contributed by atoms with van der Waals surface area (Å²) in [6.07, 6.45) is 3.63. The molecule has 1 aliphatic rings. The molecule has 0 unspecified atom stereocenters. The van der Waals surface area contributed by atoms with E-state index in [9.17, 15) is 8.78 Å². The smallest absolute Gasteiger partial charge is 0.229 e. The SMILES string of the molecule is Fc1cccc(F)c1Nc1nccc(N2CCCc3ccccc32)n1. The number of hydrogen-bond acceptors (Lipinski definition) is 4. The Bertz CT molecular complexity index is 893. The molecule has 1 N–H and O–H groups in total. The Morgan fingerprint density at radius 3 is 2.60 bits per heavy atom. The highest BCUT2D eigenvalue weighted by molar-refractivity contribution is 5.66. The van der Waals surface area contributed by atoms with E-state index in [0.29, 0.717) is 5.82 Å². The summed E-state index contributed by atoms with van der Waals surface area (Å²) in [4.78, 5) is 10.6. The number of aromatic nitrogens is 2. The van der Waals surface area contributed by atoms with E-state index in [4.69, 9.17) is 0 Å². The lowest BCUT2D eigenvalue weighted by Crippen LogP contribution is -2.25. The second-order valence-corrected chi connectivity index (χ2v) is 5.84. The molecule has 4 rings (SSSR count). The van der Waals surface area contributed by atoms with Gasteiger partial charge in [-0.25, -0.2) is 13.8 Å². The highest BCUT2D eigenvalue weighted by Crippen LogP contribution is 2.32. The molecule has 0 atom stereocenters. The first-order valence-electron chi connectivity index (χ1n) is 8.12.